The van der Waals surface area contributed by atoms with Gasteiger partial charge in [0.25, 0.3) is 0 Å². The van der Waals surface area contributed by atoms with Crippen LogP contribution in [-0.2, 0) is 20.3 Å². The van der Waals surface area contributed by atoms with Crippen LogP contribution in [-0.4, -0.2) is 40.4 Å². The van der Waals surface area contributed by atoms with Gasteiger partial charge in [0.15, 0.2) is 8.32 Å². The number of nitrogens with one attached hydrogen (secondary N) is 1. The van der Waals surface area contributed by atoms with E-state index in [4.69, 9.17) is 18.5 Å². The molecule has 0 amide bonds. The van der Waals surface area contributed by atoms with Crippen molar-refractivity contribution in [2.75, 3.05) is 13.7 Å². The zero-order valence-electron chi connectivity index (χ0n) is 27.1. The van der Waals surface area contributed by atoms with Gasteiger partial charge < -0.3 is 23.8 Å². The molecular weight excluding hydrogens is 593 g/mol. The van der Waals surface area contributed by atoms with E-state index < -0.39 is 15.4 Å². The first-order valence-electron chi connectivity index (χ1n) is 14.7. The topological polar surface area (TPSA) is 49.0 Å². The summed E-state index contributed by atoms with van der Waals surface area (Å²) in [7, 11) is -0.620. The zero-order valence-corrected chi connectivity index (χ0v) is 29.6. The fourth-order valence-corrected chi connectivity index (χ4v) is 5.99. The van der Waals surface area contributed by atoms with E-state index in [0.29, 0.717) is 13.2 Å². The lowest BCUT2D eigenvalue weighted by Crippen LogP contribution is -2.42. The number of halogens is 1. The molecule has 0 saturated carbocycles. The minimum atomic E-state index is -1.91. The van der Waals surface area contributed by atoms with Crippen LogP contribution in [0.5, 0.6) is 5.75 Å². The summed E-state index contributed by atoms with van der Waals surface area (Å²) in [6.45, 7) is 23.6. The summed E-state index contributed by atoms with van der Waals surface area (Å²) in [5.41, 5.74) is 1.34. The molecule has 1 heterocycles. The summed E-state index contributed by atoms with van der Waals surface area (Å²) < 4.78 is 25.8. The number of benzene rings is 2. The average Bonchev–Trinajstić information content (AvgIpc) is 3.09. The summed E-state index contributed by atoms with van der Waals surface area (Å²) in [5.74, 6) is 2.96. The monoisotopic (exact) mass is 643 g/mol. The van der Waals surface area contributed by atoms with E-state index in [9.17, 15) is 0 Å². The van der Waals surface area contributed by atoms with Crippen LogP contribution in [0, 0.1) is 5.41 Å². The number of rotatable bonds is 12. The van der Waals surface area contributed by atoms with Crippen LogP contribution >= 0.6 is 15.9 Å². The van der Waals surface area contributed by atoms with Crippen LogP contribution in [0.2, 0.25) is 18.1 Å². The summed E-state index contributed by atoms with van der Waals surface area (Å²) in [5, 5.41) is 4.05. The van der Waals surface area contributed by atoms with Gasteiger partial charge >= 0.3 is 7.12 Å². The molecule has 226 valence electrons. The molecule has 0 radical (unpaired) electrons. The van der Waals surface area contributed by atoms with Crippen molar-refractivity contribution < 1.29 is 18.5 Å². The number of ether oxygens (including phenoxy) is 1. The van der Waals surface area contributed by atoms with Crippen LogP contribution in [0.25, 0.3) is 0 Å². The lowest BCUT2D eigenvalue weighted by molar-refractivity contribution is 0.00578. The Morgan fingerprint density at radius 2 is 1.51 bits per heavy atom. The Morgan fingerprint density at radius 3 is 2.02 bits per heavy atom. The van der Waals surface area contributed by atoms with Crippen LogP contribution in [0.1, 0.15) is 79.0 Å². The van der Waals surface area contributed by atoms with Gasteiger partial charge in [-0.25, -0.2) is 0 Å². The largest absolute Gasteiger partial charge is 0.497 e. The average molecular weight is 645 g/mol. The maximum atomic E-state index is 6.71. The van der Waals surface area contributed by atoms with Gasteiger partial charge in [0.05, 0.1) is 18.3 Å². The van der Waals surface area contributed by atoms with Crippen molar-refractivity contribution in [2.24, 2.45) is 5.41 Å². The molecule has 1 saturated heterocycles. The molecule has 0 bridgehead atoms. The van der Waals surface area contributed by atoms with E-state index in [1.807, 2.05) is 12.1 Å². The van der Waals surface area contributed by atoms with E-state index in [2.05, 4.69) is 138 Å². The highest BCUT2D eigenvalue weighted by Gasteiger charge is 2.50. The first kappa shape index (κ1) is 34.1. The highest BCUT2D eigenvalue weighted by Crippen LogP contribution is 2.43. The van der Waals surface area contributed by atoms with Gasteiger partial charge in [-0.05, 0) is 87.6 Å². The van der Waals surface area contributed by atoms with Crippen molar-refractivity contribution in [3.05, 3.63) is 76.2 Å². The number of hydrogen-bond donors (Lipinski definition) is 1. The molecule has 1 aliphatic rings. The van der Waals surface area contributed by atoms with Gasteiger partial charge in [-0.1, -0.05) is 79.9 Å². The molecule has 0 spiro atoms. The minimum Gasteiger partial charge on any atom is -0.497 e. The first-order valence-corrected chi connectivity index (χ1v) is 18.4. The van der Waals surface area contributed by atoms with E-state index in [0.717, 1.165) is 16.6 Å². The quantitative estimate of drug-likeness (QED) is 0.234. The molecular formula is C33H51BBrNO4Si. The lowest BCUT2D eigenvalue weighted by atomic mass is 9.73. The summed E-state index contributed by atoms with van der Waals surface area (Å²) in [4.78, 5) is 0. The molecule has 0 unspecified atom stereocenters. The highest BCUT2D eigenvalue weighted by atomic mass is 79.9. The molecule has 1 fully saturated rings. The number of hydrogen-bond acceptors (Lipinski definition) is 5. The van der Waals surface area contributed by atoms with Gasteiger partial charge in [0.2, 0.25) is 0 Å². The van der Waals surface area contributed by atoms with Crippen molar-refractivity contribution in [1.82, 2.24) is 5.32 Å². The first-order chi connectivity index (χ1) is 18.9. The second-order valence-electron chi connectivity index (χ2n) is 14.1. The molecule has 3 rings (SSSR count). The van der Waals surface area contributed by atoms with Gasteiger partial charge in [-0.2, -0.15) is 0 Å². The minimum absolute atomic E-state index is 0.0133. The van der Waals surface area contributed by atoms with E-state index >= 15 is 0 Å². The van der Waals surface area contributed by atoms with E-state index in [1.165, 1.54) is 11.1 Å². The SMILES string of the molecule is COc1ccc(CN[C@@H](c2ccc(Br)cc2)[C@](C)(/C=C/B2OC(C)(C)C(C)(C)O2)CCO[Si](C)(C)C(C)(C)C)cc1. The number of methoxy groups -OCH3 is 1. The zero-order chi connectivity index (χ0) is 30.7. The summed E-state index contributed by atoms with van der Waals surface area (Å²) in [6, 6.07) is 16.9. The molecule has 2 aromatic carbocycles. The van der Waals surface area contributed by atoms with Crippen molar-refractivity contribution in [2.45, 2.75) is 104 Å². The van der Waals surface area contributed by atoms with Crippen LogP contribution in [0.4, 0.5) is 0 Å². The predicted octanol–water partition coefficient (Wildman–Crippen LogP) is 8.89. The molecule has 0 aliphatic carbocycles. The molecule has 2 atom stereocenters. The van der Waals surface area contributed by atoms with Gasteiger partial charge in [-0.15, -0.1) is 0 Å². The molecule has 1 aliphatic heterocycles. The molecule has 1 N–H and O–H groups in total. The highest BCUT2D eigenvalue weighted by molar-refractivity contribution is 9.10. The Kier molecular flexibility index (Phi) is 10.9. The van der Waals surface area contributed by atoms with Crippen LogP contribution < -0.4 is 10.1 Å². The third kappa shape index (κ3) is 8.58. The predicted molar refractivity (Wildman–Crippen MR) is 178 cm³/mol. The van der Waals surface area contributed by atoms with E-state index in [-0.39, 0.29) is 27.7 Å². The Labute approximate surface area is 259 Å². The van der Waals surface area contributed by atoms with Crippen molar-refractivity contribution >= 4 is 31.4 Å². The van der Waals surface area contributed by atoms with Gasteiger partial charge in [0, 0.05) is 29.1 Å². The molecule has 41 heavy (non-hydrogen) atoms. The summed E-state index contributed by atoms with van der Waals surface area (Å²) >= 11 is 3.62. The fraction of sp³-hybridized carbons (Fsp3) is 0.576. The Hall–Kier alpha value is -1.42. The Bertz CT molecular complexity index is 1150. The maximum Gasteiger partial charge on any atom is 0.486 e. The second-order valence-corrected chi connectivity index (χ2v) is 19.8. The lowest BCUT2D eigenvalue weighted by Gasteiger charge is -2.40. The molecule has 5 nitrogen and oxygen atoms in total. The standard InChI is InChI=1S/C33H51BBrNO4Si/c1-30(2,3)41(10,11)38-23-21-33(8,20-22-34-39-31(4,5)32(6,7)40-34)29(26-14-16-27(35)17-15-26)36-24-25-12-18-28(37-9)19-13-25/h12-20,22,29,36H,21,23-24H2,1-11H3/b22-20+/t29-,33+/m0/s1. The normalized spacial score (nSPS) is 19.4. The molecule has 0 aromatic heterocycles. The van der Waals surface area contributed by atoms with Gasteiger partial charge in [0.1, 0.15) is 5.75 Å². The van der Waals surface area contributed by atoms with Crippen molar-refractivity contribution in [3.63, 3.8) is 0 Å². The second kappa shape index (κ2) is 13.1. The molecule has 8 heteroatoms. The Balaban J connectivity index is 1.96. The van der Waals surface area contributed by atoms with Crippen molar-refractivity contribution in [1.29, 1.82) is 0 Å². The van der Waals surface area contributed by atoms with Crippen molar-refractivity contribution in [3.8, 4) is 5.75 Å². The van der Waals surface area contributed by atoms with E-state index in [1.54, 1.807) is 7.11 Å². The fourth-order valence-electron chi connectivity index (χ4n) is 4.68. The smallest absolute Gasteiger partial charge is 0.486 e. The third-order valence-corrected chi connectivity index (χ3v) is 14.4. The summed E-state index contributed by atoms with van der Waals surface area (Å²) in [6.07, 6.45) is 3.13. The Morgan fingerprint density at radius 1 is 0.951 bits per heavy atom. The molecule has 2 aromatic rings. The van der Waals surface area contributed by atoms with Gasteiger partial charge in [-0.3, -0.25) is 0 Å². The van der Waals surface area contributed by atoms with Crippen LogP contribution in [0.15, 0.2) is 65.1 Å². The van der Waals surface area contributed by atoms with Crippen LogP contribution in [0.3, 0.4) is 0 Å². The third-order valence-electron chi connectivity index (χ3n) is 9.35. The maximum absolute atomic E-state index is 6.71.